The van der Waals surface area contributed by atoms with Crippen molar-refractivity contribution in [3.05, 3.63) is 51.9 Å². The van der Waals surface area contributed by atoms with Crippen LogP contribution in [-0.2, 0) is 14.3 Å². The molecule has 0 radical (unpaired) electrons. The molecule has 1 aliphatic rings. The zero-order valence-electron chi connectivity index (χ0n) is 20.7. The number of halogens is 1. The van der Waals surface area contributed by atoms with E-state index in [1.54, 1.807) is 39.0 Å². The Morgan fingerprint density at radius 3 is 2.67 bits per heavy atom. The molecule has 11 heteroatoms. The summed E-state index contributed by atoms with van der Waals surface area (Å²) < 4.78 is 23.0. The molecule has 0 spiro atoms. The molecule has 10 nitrogen and oxygen atoms in total. The summed E-state index contributed by atoms with van der Waals surface area (Å²) in [5.74, 6) is 0.254. The highest BCUT2D eigenvalue weighted by molar-refractivity contribution is 9.09. The van der Waals surface area contributed by atoms with E-state index in [9.17, 15) is 20.1 Å². The summed E-state index contributed by atoms with van der Waals surface area (Å²) in [6.45, 7) is 8.58. The Morgan fingerprint density at radius 1 is 1.33 bits per heavy atom. The van der Waals surface area contributed by atoms with Gasteiger partial charge in [0.25, 0.3) is 0 Å². The van der Waals surface area contributed by atoms with Gasteiger partial charge in [-0.15, -0.1) is 0 Å². The van der Waals surface area contributed by atoms with Crippen molar-refractivity contribution in [2.75, 3.05) is 32.3 Å². The van der Waals surface area contributed by atoms with Gasteiger partial charge in [-0.25, -0.2) is 4.79 Å². The van der Waals surface area contributed by atoms with Crippen LogP contribution in [0.25, 0.3) is 11.0 Å². The van der Waals surface area contributed by atoms with E-state index in [2.05, 4.69) is 27.7 Å². The third-order valence-corrected chi connectivity index (χ3v) is 6.56. The van der Waals surface area contributed by atoms with Crippen LogP contribution in [0.15, 0.2) is 39.2 Å². The minimum atomic E-state index is -1.37. The van der Waals surface area contributed by atoms with Gasteiger partial charge in [-0.2, -0.15) is 0 Å². The van der Waals surface area contributed by atoms with Crippen LogP contribution in [-0.4, -0.2) is 77.2 Å². The smallest absolute Gasteiger partial charge is 0.349 e. The lowest BCUT2D eigenvalue weighted by atomic mass is 9.83. The first kappa shape index (κ1) is 28.3. The van der Waals surface area contributed by atoms with Gasteiger partial charge in [0.05, 0.1) is 17.7 Å². The molecule has 1 aliphatic heterocycles. The van der Waals surface area contributed by atoms with Gasteiger partial charge >= 0.3 is 5.63 Å². The maximum Gasteiger partial charge on any atom is 0.349 e. The summed E-state index contributed by atoms with van der Waals surface area (Å²) in [5.41, 5.74) is -0.380. The first-order valence-electron chi connectivity index (χ1n) is 11.4. The van der Waals surface area contributed by atoms with E-state index in [1.807, 2.05) is 0 Å². The normalized spacial score (nSPS) is 26.7. The molecular weight excluding hydrogens is 538 g/mol. The molecule has 0 aliphatic carbocycles. The lowest BCUT2D eigenvalue weighted by Crippen LogP contribution is -2.62. The van der Waals surface area contributed by atoms with E-state index in [4.69, 9.17) is 23.5 Å². The largest absolute Gasteiger partial charge is 0.488 e. The lowest BCUT2D eigenvalue weighted by Gasteiger charge is -2.48. The number of fused-ring (bicyclic) bond motifs is 1. The number of aryl methyl sites for hydroxylation is 1. The van der Waals surface area contributed by atoms with Crippen LogP contribution in [0.3, 0.4) is 0 Å². The van der Waals surface area contributed by atoms with Gasteiger partial charge in [0.2, 0.25) is 0 Å². The van der Waals surface area contributed by atoms with Crippen molar-refractivity contribution in [2.24, 2.45) is 5.16 Å². The fraction of sp³-hybridized carbons (Fsp3) is 0.520. The summed E-state index contributed by atoms with van der Waals surface area (Å²) >= 11 is 3.25. The van der Waals surface area contributed by atoms with Crippen molar-refractivity contribution in [2.45, 2.75) is 50.8 Å². The van der Waals surface area contributed by atoms with Gasteiger partial charge in [0, 0.05) is 12.4 Å². The van der Waals surface area contributed by atoms with E-state index in [-0.39, 0.29) is 29.2 Å². The van der Waals surface area contributed by atoms with Crippen LogP contribution in [0.2, 0.25) is 0 Å². The molecule has 1 saturated heterocycles. The zero-order chi connectivity index (χ0) is 26.6. The quantitative estimate of drug-likeness (QED) is 0.0981. The molecule has 2 heterocycles. The molecular formula is C25H32BrNO9. The second-order valence-electron chi connectivity index (χ2n) is 8.70. The van der Waals surface area contributed by atoms with Gasteiger partial charge in [-0.3, -0.25) is 0 Å². The molecule has 198 valence electrons. The second kappa shape index (κ2) is 11.8. The summed E-state index contributed by atoms with van der Waals surface area (Å²) in [6.07, 6.45) is -3.14. The summed E-state index contributed by atoms with van der Waals surface area (Å²) in [7, 11) is 1.37. The standard InChI is InChI=1S/C25H32BrNO9/c1-6-10-33-21-16-8-7-15(22-18(29)19(30)23(32-5)25(4,12-28)36-22)13(2)20(16)35-24(31)17(21)14(3)27-34-11-9-26/h6-8,18-19,22-23,28-30H,1,9-12H2,2-5H3/t18-,19-,22+,23-,25-/m1/s1. The molecule has 1 fully saturated rings. The SMILES string of the molecule is C=CCOc1c(C(C)=NOCCBr)c(=O)oc2c(C)c([C@@H]3O[C@](C)(CO)[C@H](OC)[C@H](O)[C@H]3O)ccc12. The number of aliphatic hydroxyl groups is 3. The first-order chi connectivity index (χ1) is 17.1. The number of aliphatic hydroxyl groups excluding tert-OH is 3. The number of alkyl halides is 1. The van der Waals surface area contributed by atoms with Gasteiger partial charge in [0.1, 0.15) is 60.1 Å². The number of benzene rings is 1. The summed E-state index contributed by atoms with van der Waals surface area (Å²) in [5, 5.41) is 36.6. The van der Waals surface area contributed by atoms with Crippen LogP contribution >= 0.6 is 15.9 Å². The molecule has 1 aromatic carbocycles. The average Bonchev–Trinajstić information content (AvgIpc) is 2.86. The number of ether oxygens (including phenoxy) is 3. The molecule has 3 rings (SSSR count). The van der Waals surface area contributed by atoms with Gasteiger partial charge in [-0.1, -0.05) is 39.8 Å². The predicted octanol–water partition coefficient (Wildman–Crippen LogP) is 2.36. The predicted molar refractivity (Wildman–Crippen MR) is 137 cm³/mol. The molecule has 0 amide bonds. The number of rotatable bonds is 10. The minimum absolute atomic E-state index is 0.117. The van der Waals surface area contributed by atoms with Gasteiger partial charge < -0.3 is 38.8 Å². The number of oxime groups is 1. The van der Waals surface area contributed by atoms with Crippen LogP contribution < -0.4 is 10.4 Å². The van der Waals surface area contributed by atoms with Crippen molar-refractivity contribution in [3.63, 3.8) is 0 Å². The Labute approximate surface area is 217 Å². The molecule has 36 heavy (non-hydrogen) atoms. The molecule has 3 N–H and O–H groups in total. The fourth-order valence-electron chi connectivity index (χ4n) is 4.43. The van der Waals surface area contributed by atoms with E-state index in [0.29, 0.717) is 28.5 Å². The summed E-state index contributed by atoms with van der Waals surface area (Å²) in [4.78, 5) is 18.3. The second-order valence-corrected chi connectivity index (χ2v) is 9.49. The minimum Gasteiger partial charge on any atom is -0.488 e. The molecule has 5 atom stereocenters. The zero-order valence-corrected chi connectivity index (χ0v) is 22.3. The highest BCUT2D eigenvalue weighted by Crippen LogP contribution is 2.42. The highest BCUT2D eigenvalue weighted by Gasteiger charge is 2.52. The maximum absolute atomic E-state index is 13.1. The van der Waals surface area contributed by atoms with Crippen LogP contribution in [0.4, 0.5) is 0 Å². The van der Waals surface area contributed by atoms with E-state index in [0.717, 1.165) is 0 Å². The monoisotopic (exact) mass is 569 g/mol. The number of nitrogens with zero attached hydrogens (tertiary/aromatic N) is 1. The first-order valence-corrected chi connectivity index (χ1v) is 12.5. The molecule has 0 bridgehead atoms. The van der Waals surface area contributed by atoms with Crippen molar-refractivity contribution in [1.82, 2.24) is 0 Å². The fourth-order valence-corrected chi connectivity index (χ4v) is 4.58. The Morgan fingerprint density at radius 2 is 2.06 bits per heavy atom. The third kappa shape index (κ3) is 5.22. The lowest BCUT2D eigenvalue weighted by molar-refractivity contribution is -0.279. The van der Waals surface area contributed by atoms with Crippen molar-refractivity contribution < 1.29 is 38.8 Å². The van der Waals surface area contributed by atoms with Crippen LogP contribution in [0.1, 0.15) is 36.6 Å². The Bertz CT molecular complexity index is 1180. The Balaban J connectivity index is 2.18. The topological polar surface area (TPSA) is 140 Å². The van der Waals surface area contributed by atoms with Gasteiger partial charge in [0.15, 0.2) is 0 Å². The van der Waals surface area contributed by atoms with Gasteiger partial charge in [-0.05, 0) is 38.0 Å². The molecule has 1 aromatic heterocycles. The van der Waals surface area contributed by atoms with Crippen molar-refractivity contribution >= 4 is 32.6 Å². The highest BCUT2D eigenvalue weighted by atomic mass is 79.9. The Kier molecular flexibility index (Phi) is 9.31. The van der Waals surface area contributed by atoms with E-state index >= 15 is 0 Å². The molecule has 0 saturated carbocycles. The number of hydrogen-bond acceptors (Lipinski definition) is 10. The van der Waals surface area contributed by atoms with E-state index in [1.165, 1.54) is 7.11 Å². The van der Waals surface area contributed by atoms with Crippen LogP contribution in [0.5, 0.6) is 5.75 Å². The average molecular weight is 570 g/mol. The van der Waals surface area contributed by atoms with Crippen LogP contribution in [0, 0.1) is 6.92 Å². The maximum atomic E-state index is 13.1. The third-order valence-electron chi connectivity index (χ3n) is 6.24. The van der Waals surface area contributed by atoms with Crippen molar-refractivity contribution in [3.8, 4) is 5.75 Å². The summed E-state index contributed by atoms with van der Waals surface area (Å²) in [6, 6.07) is 3.37. The molecule has 2 aromatic rings. The molecule has 0 unspecified atom stereocenters. The Hall–Kier alpha value is -2.28. The van der Waals surface area contributed by atoms with E-state index < -0.39 is 42.2 Å². The number of hydrogen-bond donors (Lipinski definition) is 3. The number of methoxy groups -OCH3 is 1. The van der Waals surface area contributed by atoms with Crippen molar-refractivity contribution in [1.29, 1.82) is 0 Å².